The van der Waals surface area contributed by atoms with Gasteiger partial charge in [-0.05, 0) is 25.8 Å². The number of hydrogen-bond acceptors (Lipinski definition) is 3. The van der Waals surface area contributed by atoms with Gasteiger partial charge in [0.25, 0.3) is 0 Å². The Kier molecular flexibility index (Phi) is 4.48. The highest BCUT2D eigenvalue weighted by molar-refractivity contribution is 7.90. The Bertz CT molecular complexity index is 508. The minimum absolute atomic E-state index is 0.493. The Morgan fingerprint density at radius 3 is 2.33 bits per heavy atom. The van der Waals surface area contributed by atoms with Crippen LogP contribution in [0.1, 0.15) is 19.4 Å². The molecule has 1 aromatic carbocycles. The lowest BCUT2D eigenvalue weighted by molar-refractivity contribution is -0.134. The third kappa shape index (κ3) is 5.29. The third-order valence-corrected chi connectivity index (χ3v) is 3.72. The van der Waals surface area contributed by atoms with Crippen LogP contribution in [0.3, 0.4) is 0 Å². The summed E-state index contributed by atoms with van der Waals surface area (Å²) in [5.41, 5.74) is 0.260. The van der Waals surface area contributed by atoms with Crippen LogP contribution in [0.2, 0.25) is 0 Å². The second kappa shape index (κ2) is 5.49. The van der Waals surface area contributed by atoms with Gasteiger partial charge >= 0.3 is 5.97 Å². The number of rotatable bonds is 6. The normalized spacial score (nSPS) is 12.3. The van der Waals surface area contributed by atoms with Crippen LogP contribution in [-0.4, -0.2) is 30.8 Å². The van der Waals surface area contributed by atoms with Crippen LogP contribution >= 0.6 is 0 Å². The van der Waals surface area contributed by atoms with Crippen LogP contribution in [0.5, 0.6) is 0 Å². The summed E-state index contributed by atoms with van der Waals surface area (Å²) >= 11 is 0. The van der Waals surface area contributed by atoms with Gasteiger partial charge in [-0.1, -0.05) is 30.3 Å². The average molecular weight is 271 g/mol. The summed E-state index contributed by atoms with van der Waals surface area (Å²) in [4.78, 5) is 10.4. The summed E-state index contributed by atoms with van der Waals surface area (Å²) in [6.07, 6.45) is 0.493. The van der Waals surface area contributed by atoms with E-state index in [0.29, 0.717) is 6.42 Å². The molecule has 100 valence electrons. The van der Waals surface area contributed by atoms with Crippen molar-refractivity contribution in [2.24, 2.45) is 0 Å². The van der Waals surface area contributed by atoms with Gasteiger partial charge < -0.3 is 5.11 Å². The molecule has 0 heterocycles. The molecular formula is C12H17NO4S. The molecule has 0 radical (unpaired) electrons. The van der Waals surface area contributed by atoms with Crippen molar-refractivity contribution in [2.45, 2.75) is 25.8 Å². The molecule has 0 aliphatic carbocycles. The largest absolute Gasteiger partial charge is 0.480 e. The van der Waals surface area contributed by atoms with Crippen molar-refractivity contribution >= 4 is 16.0 Å². The summed E-state index contributed by atoms with van der Waals surface area (Å²) in [5, 5.41) is 8.52. The number of carboxylic acids is 1. The van der Waals surface area contributed by atoms with Gasteiger partial charge in [0.15, 0.2) is 5.75 Å². The maximum Gasteiger partial charge on any atom is 0.320 e. The summed E-state index contributed by atoms with van der Waals surface area (Å²) in [6, 6.07) is 9.42. The number of nitrogens with one attached hydrogen (secondary N) is 1. The van der Waals surface area contributed by atoms with E-state index in [9.17, 15) is 13.2 Å². The SMILES string of the molecule is CC(C)(Cc1ccccc1)NS(=O)(=O)CC(=O)O. The molecule has 0 amide bonds. The van der Waals surface area contributed by atoms with Crippen LogP contribution in [0.15, 0.2) is 30.3 Å². The van der Waals surface area contributed by atoms with Crippen LogP contribution in [-0.2, 0) is 21.2 Å². The number of carbonyl (C=O) groups is 1. The first-order valence-electron chi connectivity index (χ1n) is 5.48. The molecule has 5 nitrogen and oxygen atoms in total. The molecule has 0 aliphatic heterocycles. The summed E-state index contributed by atoms with van der Waals surface area (Å²) < 4.78 is 25.5. The van der Waals surface area contributed by atoms with Gasteiger partial charge in [-0.3, -0.25) is 4.79 Å². The zero-order valence-corrected chi connectivity index (χ0v) is 11.2. The predicted molar refractivity (Wildman–Crippen MR) is 68.8 cm³/mol. The van der Waals surface area contributed by atoms with Crippen molar-refractivity contribution in [3.05, 3.63) is 35.9 Å². The van der Waals surface area contributed by atoms with Crippen molar-refractivity contribution in [1.82, 2.24) is 4.72 Å². The van der Waals surface area contributed by atoms with Crippen molar-refractivity contribution in [3.8, 4) is 0 Å². The van der Waals surface area contributed by atoms with Crippen LogP contribution in [0.25, 0.3) is 0 Å². The lowest BCUT2D eigenvalue weighted by Gasteiger charge is -2.25. The quantitative estimate of drug-likeness (QED) is 0.809. The molecule has 1 rings (SSSR count). The Balaban J connectivity index is 2.73. The van der Waals surface area contributed by atoms with E-state index in [2.05, 4.69) is 4.72 Å². The molecule has 2 N–H and O–H groups in total. The average Bonchev–Trinajstić information content (AvgIpc) is 2.13. The topological polar surface area (TPSA) is 83.5 Å². The van der Waals surface area contributed by atoms with Gasteiger partial charge in [0.1, 0.15) is 0 Å². The highest BCUT2D eigenvalue weighted by atomic mass is 32.2. The van der Waals surface area contributed by atoms with Crippen molar-refractivity contribution in [2.75, 3.05) is 5.75 Å². The van der Waals surface area contributed by atoms with E-state index in [1.54, 1.807) is 13.8 Å². The number of benzene rings is 1. The summed E-state index contributed by atoms with van der Waals surface area (Å²) in [7, 11) is -3.81. The van der Waals surface area contributed by atoms with E-state index < -0.39 is 27.3 Å². The maximum atomic E-state index is 11.6. The maximum absolute atomic E-state index is 11.6. The van der Waals surface area contributed by atoms with Crippen LogP contribution in [0, 0.1) is 0 Å². The second-order valence-corrected chi connectivity index (χ2v) is 6.52. The summed E-state index contributed by atoms with van der Waals surface area (Å²) in [5.74, 6) is -2.27. The van der Waals surface area contributed by atoms with E-state index in [-0.39, 0.29) is 0 Å². The monoisotopic (exact) mass is 271 g/mol. The number of aliphatic carboxylic acids is 1. The molecule has 0 spiro atoms. The zero-order valence-electron chi connectivity index (χ0n) is 10.4. The fourth-order valence-electron chi connectivity index (χ4n) is 1.76. The van der Waals surface area contributed by atoms with Gasteiger partial charge in [0.2, 0.25) is 10.0 Å². The minimum Gasteiger partial charge on any atom is -0.480 e. The first-order valence-corrected chi connectivity index (χ1v) is 7.13. The number of sulfonamides is 1. The van der Waals surface area contributed by atoms with Gasteiger partial charge in [-0.2, -0.15) is 0 Å². The molecule has 0 fully saturated rings. The molecule has 0 saturated carbocycles. The molecule has 0 atom stereocenters. The Morgan fingerprint density at radius 1 is 1.28 bits per heavy atom. The molecule has 0 unspecified atom stereocenters. The van der Waals surface area contributed by atoms with E-state index in [4.69, 9.17) is 5.11 Å². The van der Waals surface area contributed by atoms with Crippen molar-refractivity contribution in [1.29, 1.82) is 0 Å². The van der Waals surface area contributed by atoms with Gasteiger partial charge in [-0.25, -0.2) is 13.1 Å². The highest BCUT2D eigenvalue weighted by Crippen LogP contribution is 2.13. The standard InChI is InChI=1S/C12H17NO4S/c1-12(2,8-10-6-4-3-5-7-10)13-18(16,17)9-11(14)15/h3-7,13H,8-9H2,1-2H3,(H,14,15). The molecule has 0 aromatic heterocycles. The van der Waals surface area contributed by atoms with E-state index in [1.807, 2.05) is 30.3 Å². The first-order chi connectivity index (χ1) is 8.20. The molecule has 0 bridgehead atoms. The molecule has 18 heavy (non-hydrogen) atoms. The van der Waals surface area contributed by atoms with E-state index in [0.717, 1.165) is 5.56 Å². The van der Waals surface area contributed by atoms with Crippen molar-refractivity contribution < 1.29 is 18.3 Å². The Morgan fingerprint density at radius 2 is 1.83 bits per heavy atom. The predicted octanol–water partition coefficient (Wildman–Crippen LogP) is 1.01. The number of hydrogen-bond donors (Lipinski definition) is 2. The fraction of sp³-hybridized carbons (Fsp3) is 0.417. The molecular weight excluding hydrogens is 254 g/mol. The number of carboxylic acid groups (broad SMARTS) is 1. The van der Waals surface area contributed by atoms with Crippen molar-refractivity contribution in [3.63, 3.8) is 0 Å². The fourth-order valence-corrected chi connectivity index (χ4v) is 3.07. The molecule has 0 aliphatic rings. The zero-order chi connectivity index (χ0) is 13.8. The molecule has 0 saturated heterocycles. The third-order valence-electron chi connectivity index (χ3n) is 2.23. The smallest absolute Gasteiger partial charge is 0.320 e. The second-order valence-electron chi connectivity index (χ2n) is 4.80. The Labute approximate surface area is 107 Å². The van der Waals surface area contributed by atoms with Gasteiger partial charge in [-0.15, -0.1) is 0 Å². The van der Waals surface area contributed by atoms with Crippen LogP contribution < -0.4 is 4.72 Å². The minimum atomic E-state index is -3.81. The summed E-state index contributed by atoms with van der Waals surface area (Å²) in [6.45, 7) is 3.44. The van der Waals surface area contributed by atoms with Gasteiger partial charge in [0.05, 0.1) is 0 Å². The van der Waals surface area contributed by atoms with Gasteiger partial charge in [0, 0.05) is 5.54 Å². The lowest BCUT2D eigenvalue weighted by atomic mass is 9.96. The highest BCUT2D eigenvalue weighted by Gasteiger charge is 2.26. The molecule has 1 aromatic rings. The van der Waals surface area contributed by atoms with E-state index >= 15 is 0 Å². The Hall–Kier alpha value is -1.40. The lowest BCUT2D eigenvalue weighted by Crippen LogP contribution is -2.46. The molecule has 6 heteroatoms. The first kappa shape index (κ1) is 14.7. The van der Waals surface area contributed by atoms with E-state index in [1.165, 1.54) is 0 Å². The van der Waals surface area contributed by atoms with Crippen LogP contribution in [0.4, 0.5) is 0 Å².